The van der Waals surface area contributed by atoms with Crippen LogP contribution in [0.4, 0.5) is 11.4 Å². The molecule has 0 bridgehead atoms. The third kappa shape index (κ3) is 12.8. The topological polar surface area (TPSA) is 57.7 Å². The smallest absolute Gasteiger partial charge is 0.119 e. The molecule has 0 saturated heterocycles. The lowest BCUT2D eigenvalue weighted by Crippen LogP contribution is -2.50. The third-order valence-corrected chi connectivity index (χ3v) is 6.37. The van der Waals surface area contributed by atoms with Crippen LogP contribution >= 0.6 is 0 Å². The maximum atomic E-state index is 8.69. The molecule has 5 heteroatoms. The number of nitriles is 1. The maximum absolute atomic E-state index is 8.69. The summed E-state index contributed by atoms with van der Waals surface area (Å²) in [6, 6.07) is 16.4. The summed E-state index contributed by atoms with van der Waals surface area (Å²) in [6.07, 6.45) is 11.1. The molecule has 0 amide bonds. The monoisotopic (exact) mass is 493 g/mol. The van der Waals surface area contributed by atoms with Crippen molar-refractivity contribution >= 4 is 11.4 Å². The Kier molecular flexibility index (Phi) is 16.9. The van der Waals surface area contributed by atoms with E-state index < -0.39 is 0 Å². The summed E-state index contributed by atoms with van der Waals surface area (Å²) in [5.74, 6) is 0.819. The predicted octanol–water partition coefficient (Wildman–Crippen LogP) is 9.38. The number of rotatable bonds is 16. The molecule has 0 unspecified atom stereocenters. The van der Waals surface area contributed by atoms with E-state index in [0.717, 1.165) is 11.4 Å². The molecule has 0 aliphatic rings. The van der Waals surface area contributed by atoms with Crippen molar-refractivity contribution < 1.29 is 9.22 Å². The number of quaternary nitrogens is 1. The minimum Gasteiger partial charge on any atom is -0.494 e. The first-order chi connectivity index (χ1) is 17.6. The molecule has 2 aromatic carbocycles. The summed E-state index contributed by atoms with van der Waals surface area (Å²) in [4.78, 5) is 0. The van der Waals surface area contributed by atoms with E-state index >= 15 is 0 Å². The Morgan fingerprint density at radius 2 is 1.03 bits per heavy atom. The summed E-state index contributed by atoms with van der Waals surface area (Å²) in [7, 11) is 0. The fourth-order valence-electron chi connectivity index (χ4n) is 4.14. The summed E-state index contributed by atoms with van der Waals surface area (Å²) >= 11 is 0. The molecule has 2 aromatic rings. The van der Waals surface area contributed by atoms with Crippen molar-refractivity contribution in [3.63, 3.8) is 0 Å². The maximum Gasteiger partial charge on any atom is 0.119 e. The van der Waals surface area contributed by atoms with Gasteiger partial charge < -0.3 is 9.22 Å². The van der Waals surface area contributed by atoms with Gasteiger partial charge in [0.15, 0.2) is 0 Å². The Balaban J connectivity index is 0.000000363. The van der Waals surface area contributed by atoms with E-state index in [1.807, 2.05) is 31.2 Å². The molecule has 0 fully saturated rings. The standard InChI is InChI=1S/C16H36N.C15H13N3O/c1-5-9-13-17(14-10-6-2,15-11-7-3)16-12-8-4;1-2-19-15-9-7-14(8-10-15)18-17-13-5-3-12(11-16)4-6-13/h5-16H2,1-4H3;3-10H,2H2,1H3/q+1;. The number of unbranched alkanes of at least 4 members (excludes halogenated alkanes) is 4. The predicted molar refractivity (Wildman–Crippen MR) is 152 cm³/mol. The van der Waals surface area contributed by atoms with Gasteiger partial charge >= 0.3 is 0 Å². The van der Waals surface area contributed by atoms with Gasteiger partial charge in [-0.05, 0) is 81.1 Å². The fraction of sp³-hybridized carbons (Fsp3) is 0.581. The van der Waals surface area contributed by atoms with Gasteiger partial charge in [0.1, 0.15) is 5.75 Å². The molecule has 0 saturated carbocycles. The molecule has 0 aliphatic heterocycles. The van der Waals surface area contributed by atoms with Crippen LogP contribution in [0.5, 0.6) is 5.75 Å². The van der Waals surface area contributed by atoms with E-state index in [-0.39, 0.29) is 0 Å². The number of hydrogen-bond acceptors (Lipinski definition) is 4. The number of azo groups is 1. The lowest BCUT2D eigenvalue weighted by atomic mass is 10.1. The van der Waals surface area contributed by atoms with Gasteiger partial charge in [0.2, 0.25) is 0 Å². The van der Waals surface area contributed by atoms with E-state index in [9.17, 15) is 0 Å². The minimum atomic E-state index is 0.611. The molecular formula is C31H49N4O+. The van der Waals surface area contributed by atoms with Crippen LogP contribution in [0.1, 0.15) is 91.5 Å². The summed E-state index contributed by atoms with van der Waals surface area (Å²) < 4.78 is 6.77. The highest BCUT2D eigenvalue weighted by molar-refractivity contribution is 5.44. The third-order valence-electron chi connectivity index (χ3n) is 6.37. The molecule has 0 N–H and O–H groups in total. The number of nitrogens with zero attached hydrogens (tertiary/aromatic N) is 4. The number of benzene rings is 2. The fourth-order valence-corrected chi connectivity index (χ4v) is 4.14. The highest BCUT2D eigenvalue weighted by Gasteiger charge is 2.24. The van der Waals surface area contributed by atoms with Gasteiger partial charge in [0.05, 0.1) is 55.8 Å². The van der Waals surface area contributed by atoms with Crippen molar-refractivity contribution in [2.24, 2.45) is 10.2 Å². The highest BCUT2D eigenvalue weighted by Crippen LogP contribution is 2.21. The van der Waals surface area contributed by atoms with Crippen molar-refractivity contribution in [2.75, 3.05) is 32.8 Å². The Hall–Kier alpha value is -2.71. The van der Waals surface area contributed by atoms with Crippen LogP contribution in [0.2, 0.25) is 0 Å². The molecule has 36 heavy (non-hydrogen) atoms. The molecule has 0 heterocycles. The second kappa shape index (κ2) is 19.5. The molecule has 2 rings (SSSR count). The zero-order valence-corrected chi connectivity index (χ0v) is 23.5. The average Bonchev–Trinajstić information content (AvgIpc) is 2.92. The SMILES string of the molecule is CCCC[N+](CCCC)(CCCC)CCCC.CCOc1ccc(N=Nc2ccc(C#N)cc2)cc1. The summed E-state index contributed by atoms with van der Waals surface area (Å²) in [6.45, 7) is 17.6. The molecule has 5 nitrogen and oxygen atoms in total. The average molecular weight is 494 g/mol. The quantitative estimate of drug-likeness (QED) is 0.173. The summed E-state index contributed by atoms with van der Waals surface area (Å²) in [5, 5.41) is 16.9. The molecule has 0 radical (unpaired) electrons. The van der Waals surface area contributed by atoms with E-state index in [1.54, 1.807) is 24.3 Å². The lowest BCUT2D eigenvalue weighted by molar-refractivity contribution is -0.929. The van der Waals surface area contributed by atoms with E-state index in [2.05, 4.69) is 44.0 Å². The van der Waals surface area contributed by atoms with Crippen molar-refractivity contribution in [1.29, 1.82) is 5.26 Å². The minimum absolute atomic E-state index is 0.611. The second-order valence-electron chi connectivity index (χ2n) is 9.44. The first-order valence-corrected chi connectivity index (χ1v) is 14.1. The van der Waals surface area contributed by atoms with Crippen LogP contribution in [-0.2, 0) is 0 Å². The second-order valence-corrected chi connectivity index (χ2v) is 9.44. The molecule has 0 aromatic heterocycles. The Labute approximate surface area is 220 Å². The van der Waals surface area contributed by atoms with Gasteiger partial charge in [0, 0.05) is 0 Å². The van der Waals surface area contributed by atoms with E-state index in [4.69, 9.17) is 10.00 Å². The van der Waals surface area contributed by atoms with Gasteiger partial charge in [-0.2, -0.15) is 15.5 Å². The molecule has 0 aliphatic carbocycles. The Morgan fingerprint density at radius 1 is 0.639 bits per heavy atom. The van der Waals surface area contributed by atoms with Gasteiger partial charge in [-0.15, -0.1) is 0 Å². The first-order valence-electron chi connectivity index (χ1n) is 14.1. The lowest BCUT2D eigenvalue weighted by Gasteiger charge is -2.39. The number of hydrogen-bond donors (Lipinski definition) is 0. The molecular weight excluding hydrogens is 444 g/mol. The first kappa shape index (κ1) is 31.3. The van der Waals surface area contributed by atoms with E-state index in [1.165, 1.54) is 82.0 Å². The van der Waals surface area contributed by atoms with Crippen LogP contribution in [-0.4, -0.2) is 37.3 Å². The van der Waals surface area contributed by atoms with Crippen molar-refractivity contribution in [3.8, 4) is 11.8 Å². The zero-order valence-electron chi connectivity index (χ0n) is 23.5. The van der Waals surface area contributed by atoms with Gasteiger partial charge in [-0.3, -0.25) is 0 Å². The van der Waals surface area contributed by atoms with Crippen molar-refractivity contribution in [3.05, 3.63) is 54.1 Å². The Morgan fingerprint density at radius 3 is 1.36 bits per heavy atom. The van der Waals surface area contributed by atoms with Crippen molar-refractivity contribution in [1.82, 2.24) is 0 Å². The Bertz CT molecular complexity index is 831. The van der Waals surface area contributed by atoms with E-state index in [0.29, 0.717) is 17.9 Å². The largest absolute Gasteiger partial charge is 0.494 e. The molecule has 198 valence electrons. The van der Waals surface area contributed by atoms with Gasteiger partial charge in [-0.25, -0.2) is 0 Å². The van der Waals surface area contributed by atoms with Crippen LogP contribution in [0.3, 0.4) is 0 Å². The van der Waals surface area contributed by atoms with Crippen LogP contribution in [0.15, 0.2) is 58.8 Å². The number of ether oxygens (including phenoxy) is 1. The van der Waals surface area contributed by atoms with Crippen LogP contribution < -0.4 is 4.74 Å². The van der Waals surface area contributed by atoms with Crippen molar-refractivity contribution in [2.45, 2.75) is 86.0 Å². The van der Waals surface area contributed by atoms with Gasteiger partial charge in [0.25, 0.3) is 0 Å². The highest BCUT2D eigenvalue weighted by atomic mass is 16.5. The molecule has 0 spiro atoms. The van der Waals surface area contributed by atoms with Crippen LogP contribution in [0, 0.1) is 11.3 Å². The van der Waals surface area contributed by atoms with Crippen LogP contribution in [0.25, 0.3) is 0 Å². The molecule has 0 atom stereocenters. The normalized spacial score (nSPS) is 11.1. The zero-order chi connectivity index (χ0) is 26.5. The summed E-state index contributed by atoms with van der Waals surface area (Å²) in [5.41, 5.74) is 2.08. The van der Waals surface area contributed by atoms with Gasteiger partial charge in [-0.1, -0.05) is 53.4 Å².